The van der Waals surface area contributed by atoms with Crippen molar-refractivity contribution in [2.45, 2.75) is 29.1 Å². The van der Waals surface area contributed by atoms with Crippen molar-refractivity contribution < 1.29 is 0 Å². The minimum absolute atomic E-state index is 0.00433. The molecule has 6 heteroatoms. The molecule has 0 spiro atoms. The maximum absolute atomic E-state index is 6.21. The first-order valence-corrected chi connectivity index (χ1v) is 7.06. The number of aryl methyl sites for hydroxylation is 1. The van der Waals surface area contributed by atoms with Crippen LogP contribution in [-0.2, 0) is 0 Å². The molecule has 0 fully saturated rings. The molecular formula is C11H12ClN3S2. The van der Waals surface area contributed by atoms with Crippen LogP contribution < -0.4 is 5.73 Å². The monoisotopic (exact) mass is 285 g/mol. The molecule has 0 aliphatic carbocycles. The van der Waals surface area contributed by atoms with Gasteiger partial charge >= 0.3 is 0 Å². The van der Waals surface area contributed by atoms with Crippen molar-refractivity contribution in [1.29, 1.82) is 0 Å². The first-order valence-electron chi connectivity index (χ1n) is 5.09. The number of hydrogen-bond donors (Lipinski definition) is 1. The van der Waals surface area contributed by atoms with Crippen molar-refractivity contribution in [2.75, 3.05) is 0 Å². The molecule has 2 aromatic rings. The maximum Gasteiger partial charge on any atom is 0.174 e. The molecule has 0 aliphatic rings. The van der Waals surface area contributed by atoms with Crippen LogP contribution in [0.3, 0.4) is 0 Å². The van der Waals surface area contributed by atoms with Gasteiger partial charge in [-0.15, -0.1) is 0 Å². The second kappa shape index (κ2) is 5.35. The Kier molecular flexibility index (Phi) is 4.04. The second-order valence-electron chi connectivity index (χ2n) is 3.69. The third-order valence-corrected chi connectivity index (χ3v) is 4.53. The van der Waals surface area contributed by atoms with E-state index in [1.54, 1.807) is 0 Å². The average molecular weight is 286 g/mol. The fourth-order valence-electron chi connectivity index (χ4n) is 1.30. The second-order valence-corrected chi connectivity index (χ2v) is 6.14. The number of halogens is 1. The van der Waals surface area contributed by atoms with Crippen molar-refractivity contribution >= 4 is 34.9 Å². The van der Waals surface area contributed by atoms with Gasteiger partial charge in [0.2, 0.25) is 0 Å². The number of nitrogens with zero attached hydrogens (tertiary/aromatic N) is 2. The van der Waals surface area contributed by atoms with Crippen LogP contribution in [0, 0.1) is 6.92 Å². The highest BCUT2D eigenvalue weighted by Gasteiger charge is 2.08. The highest BCUT2D eigenvalue weighted by Crippen LogP contribution is 2.35. The van der Waals surface area contributed by atoms with Crippen molar-refractivity contribution in [1.82, 2.24) is 9.36 Å². The lowest BCUT2D eigenvalue weighted by Crippen LogP contribution is -2.04. The molecule has 0 radical (unpaired) electrons. The fourth-order valence-corrected chi connectivity index (χ4v) is 3.21. The molecule has 1 aromatic heterocycles. The van der Waals surface area contributed by atoms with Crippen LogP contribution in [0.1, 0.15) is 24.4 Å². The summed E-state index contributed by atoms with van der Waals surface area (Å²) >= 11 is 9.12. The van der Waals surface area contributed by atoms with Crippen LogP contribution in [0.25, 0.3) is 0 Å². The molecule has 0 aliphatic heterocycles. The van der Waals surface area contributed by atoms with E-state index in [4.69, 9.17) is 17.3 Å². The predicted molar refractivity (Wildman–Crippen MR) is 72.8 cm³/mol. The zero-order chi connectivity index (χ0) is 12.4. The Morgan fingerprint density at radius 2 is 2.24 bits per heavy atom. The fraction of sp³-hybridized carbons (Fsp3) is 0.273. The predicted octanol–water partition coefficient (Wildman–Crippen LogP) is 3.67. The number of rotatable bonds is 3. The zero-order valence-electron chi connectivity index (χ0n) is 9.48. The summed E-state index contributed by atoms with van der Waals surface area (Å²) in [6.07, 6.45) is 0. The number of benzene rings is 1. The minimum atomic E-state index is -0.00433. The van der Waals surface area contributed by atoms with Gasteiger partial charge in [-0.25, -0.2) is 4.98 Å². The highest BCUT2D eigenvalue weighted by molar-refractivity contribution is 8.01. The van der Waals surface area contributed by atoms with Gasteiger partial charge < -0.3 is 5.73 Å². The van der Waals surface area contributed by atoms with Gasteiger partial charge in [0.25, 0.3) is 0 Å². The van der Waals surface area contributed by atoms with Crippen LogP contribution >= 0.6 is 34.9 Å². The first kappa shape index (κ1) is 12.8. The summed E-state index contributed by atoms with van der Waals surface area (Å²) in [6.45, 7) is 3.81. The summed E-state index contributed by atoms with van der Waals surface area (Å²) in [4.78, 5) is 5.27. The Hall–Kier alpha value is -0.620. The number of nitrogens with two attached hydrogens (primary N) is 1. The van der Waals surface area contributed by atoms with Crippen molar-refractivity contribution in [2.24, 2.45) is 5.73 Å². The molecule has 0 bridgehead atoms. The van der Waals surface area contributed by atoms with Crippen LogP contribution in [0.15, 0.2) is 27.4 Å². The summed E-state index contributed by atoms with van der Waals surface area (Å²) in [5, 5.41) is 0.706. The largest absolute Gasteiger partial charge is 0.324 e. The summed E-state index contributed by atoms with van der Waals surface area (Å²) in [5.41, 5.74) is 6.84. The standard InChI is InChI=1S/C11H12ClN3S2/c1-6(13)8-3-4-10(9(12)5-8)16-11-14-7(2)15-17-11/h3-6H,13H2,1-2H3/t6-/m1/s1. The lowest BCUT2D eigenvalue weighted by molar-refractivity contribution is 0.817. The third-order valence-electron chi connectivity index (χ3n) is 2.19. The third kappa shape index (κ3) is 3.19. The normalized spacial score (nSPS) is 12.7. The Labute approximate surface area is 114 Å². The minimum Gasteiger partial charge on any atom is -0.324 e. The van der Waals surface area contributed by atoms with Gasteiger partial charge in [0, 0.05) is 10.9 Å². The van der Waals surface area contributed by atoms with Crippen molar-refractivity contribution in [3.8, 4) is 0 Å². The molecular weight excluding hydrogens is 274 g/mol. The molecule has 0 saturated carbocycles. The topological polar surface area (TPSA) is 51.8 Å². The van der Waals surface area contributed by atoms with Gasteiger partial charge in [-0.2, -0.15) is 4.37 Å². The molecule has 90 valence electrons. The summed E-state index contributed by atoms with van der Waals surface area (Å²) in [6, 6.07) is 5.87. The van der Waals surface area contributed by atoms with E-state index in [1.807, 2.05) is 32.0 Å². The van der Waals surface area contributed by atoms with E-state index in [-0.39, 0.29) is 6.04 Å². The van der Waals surface area contributed by atoms with Crippen molar-refractivity contribution in [3.05, 3.63) is 34.6 Å². The van der Waals surface area contributed by atoms with Gasteiger partial charge in [-0.3, -0.25) is 0 Å². The van der Waals surface area contributed by atoms with Gasteiger partial charge in [0.1, 0.15) is 5.82 Å². The quantitative estimate of drug-likeness (QED) is 0.935. The lowest BCUT2D eigenvalue weighted by atomic mass is 10.1. The van der Waals surface area contributed by atoms with Gasteiger partial charge in [0.15, 0.2) is 4.34 Å². The smallest absolute Gasteiger partial charge is 0.174 e. The summed E-state index contributed by atoms with van der Waals surface area (Å²) < 4.78 is 5.04. The highest BCUT2D eigenvalue weighted by atomic mass is 35.5. The van der Waals surface area contributed by atoms with Crippen LogP contribution in [0.2, 0.25) is 5.02 Å². The van der Waals surface area contributed by atoms with Crippen LogP contribution in [0.5, 0.6) is 0 Å². The molecule has 0 amide bonds. The van der Waals surface area contributed by atoms with E-state index < -0.39 is 0 Å². The molecule has 3 nitrogen and oxygen atoms in total. The molecule has 0 unspecified atom stereocenters. The van der Waals surface area contributed by atoms with Crippen molar-refractivity contribution in [3.63, 3.8) is 0 Å². The van der Waals surface area contributed by atoms with E-state index in [2.05, 4.69) is 9.36 Å². The average Bonchev–Trinajstić information content (AvgIpc) is 2.67. The van der Waals surface area contributed by atoms with Crippen LogP contribution in [0.4, 0.5) is 0 Å². The molecule has 1 heterocycles. The van der Waals surface area contributed by atoms with Crippen LogP contribution in [-0.4, -0.2) is 9.36 Å². The maximum atomic E-state index is 6.21. The molecule has 2 rings (SSSR count). The first-order chi connectivity index (χ1) is 8.06. The molecule has 17 heavy (non-hydrogen) atoms. The van der Waals surface area contributed by atoms with E-state index in [1.165, 1.54) is 23.3 Å². The van der Waals surface area contributed by atoms with Gasteiger partial charge in [-0.05, 0) is 43.1 Å². The molecule has 1 aromatic carbocycles. The Morgan fingerprint density at radius 1 is 1.47 bits per heavy atom. The van der Waals surface area contributed by atoms with E-state index >= 15 is 0 Å². The lowest BCUT2D eigenvalue weighted by Gasteiger charge is -2.08. The van der Waals surface area contributed by atoms with E-state index in [9.17, 15) is 0 Å². The molecule has 0 saturated heterocycles. The Morgan fingerprint density at radius 3 is 2.76 bits per heavy atom. The SMILES string of the molecule is Cc1nsc(Sc2ccc([C@@H](C)N)cc2Cl)n1. The number of aromatic nitrogens is 2. The van der Waals surface area contributed by atoms with Gasteiger partial charge in [0.05, 0.1) is 5.02 Å². The Balaban J connectivity index is 2.22. The van der Waals surface area contributed by atoms with Gasteiger partial charge in [-0.1, -0.05) is 29.4 Å². The van der Waals surface area contributed by atoms with E-state index in [0.717, 1.165) is 20.6 Å². The summed E-state index contributed by atoms with van der Waals surface area (Å²) in [7, 11) is 0. The molecule has 2 N–H and O–H groups in total. The van der Waals surface area contributed by atoms with E-state index in [0.29, 0.717) is 5.02 Å². The molecule has 1 atom stereocenters. The zero-order valence-corrected chi connectivity index (χ0v) is 11.9. The number of hydrogen-bond acceptors (Lipinski definition) is 5. The summed E-state index contributed by atoms with van der Waals surface area (Å²) in [5.74, 6) is 0.792. The Bertz CT molecular complexity index is 525.